The molecule has 2 aromatic rings. The Labute approximate surface area is 100 Å². The Morgan fingerprint density at radius 3 is 2.76 bits per heavy atom. The normalized spacial score (nSPS) is 11.5. The fraction of sp³-hybridized carbons (Fsp3) is 0.250. The summed E-state index contributed by atoms with van der Waals surface area (Å²) < 4.78 is 24.1. The maximum Gasteiger partial charge on any atom is 0.149 e. The van der Waals surface area contributed by atoms with Crippen molar-refractivity contribution in [2.45, 2.75) is 6.54 Å². The predicted molar refractivity (Wildman–Crippen MR) is 66.4 cm³/mol. The Balaban J connectivity index is 2.41. The SMILES string of the molecule is CS(=O)(=O)CCn1ccc2c(C#N)cccc21. The van der Waals surface area contributed by atoms with Gasteiger partial charge in [-0.15, -0.1) is 0 Å². The molecule has 4 nitrogen and oxygen atoms in total. The topological polar surface area (TPSA) is 62.9 Å². The van der Waals surface area contributed by atoms with Crippen LogP contribution in [-0.2, 0) is 16.4 Å². The molecule has 0 radical (unpaired) electrons. The molecule has 0 spiro atoms. The van der Waals surface area contributed by atoms with Crippen molar-refractivity contribution in [1.29, 1.82) is 5.26 Å². The van der Waals surface area contributed by atoms with E-state index in [2.05, 4.69) is 6.07 Å². The van der Waals surface area contributed by atoms with Gasteiger partial charge in [-0.05, 0) is 18.2 Å². The summed E-state index contributed by atoms with van der Waals surface area (Å²) in [5.41, 5.74) is 1.51. The van der Waals surface area contributed by atoms with Gasteiger partial charge in [-0.1, -0.05) is 6.07 Å². The van der Waals surface area contributed by atoms with E-state index in [0.717, 1.165) is 10.9 Å². The van der Waals surface area contributed by atoms with Crippen LogP contribution in [0.2, 0.25) is 0 Å². The van der Waals surface area contributed by atoms with Crippen LogP contribution in [0.1, 0.15) is 5.56 Å². The number of nitriles is 1. The molecule has 0 N–H and O–H groups in total. The number of aryl methyl sites for hydroxylation is 1. The molecule has 1 aromatic heterocycles. The van der Waals surface area contributed by atoms with Crippen molar-refractivity contribution in [2.75, 3.05) is 12.0 Å². The molecular weight excluding hydrogens is 236 g/mol. The maximum atomic E-state index is 11.1. The number of hydrogen-bond acceptors (Lipinski definition) is 3. The van der Waals surface area contributed by atoms with Crippen LogP contribution < -0.4 is 0 Å². The van der Waals surface area contributed by atoms with E-state index >= 15 is 0 Å². The van der Waals surface area contributed by atoms with Crippen molar-refractivity contribution in [3.63, 3.8) is 0 Å². The molecule has 17 heavy (non-hydrogen) atoms. The van der Waals surface area contributed by atoms with Crippen LogP contribution in [0.3, 0.4) is 0 Å². The summed E-state index contributed by atoms with van der Waals surface area (Å²) in [6, 6.07) is 9.41. The minimum absolute atomic E-state index is 0.105. The van der Waals surface area contributed by atoms with Gasteiger partial charge in [-0.25, -0.2) is 8.42 Å². The molecule has 1 heterocycles. The van der Waals surface area contributed by atoms with Gasteiger partial charge in [0.25, 0.3) is 0 Å². The minimum atomic E-state index is -2.97. The van der Waals surface area contributed by atoms with Crippen molar-refractivity contribution in [2.24, 2.45) is 0 Å². The monoisotopic (exact) mass is 248 g/mol. The number of hydrogen-bond donors (Lipinski definition) is 0. The van der Waals surface area contributed by atoms with E-state index in [0.29, 0.717) is 12.1 Å². The van der Waals surface area contributed by atoms with E-state index in [9.17, 15) is 8.42 Å². The molecule has 2 rings (SSSR count). The van der Waals surface area contributed by atoms with Gasteiger partial charge in [0.1, 0.15) is 9.84 Å². The standard InChI is InChI=1S/C12H12N2O2S/c1-17(15,16)8-7-14-6-5-11-10(9-13)3-2-4-12(11)14/h2-6H,7-8H2,1H3. The first kappa shape index (κ1) is 11.7. The van der Waals surface area contributed by atoms with Gasteiger partial charge in [0.2, 0.25) is 0 Å². The van der Waals surface area contributed by atoms with Crippen molar-refractivity contribution in [1.82, 2.24) is 4.57 Å². The van der Waals surface area contributed by atoms with E-state index in [4.69, 9.17) is 5.26 Å². The zero-order chi connectivity index (χ0) is 12.5. The van der Waals surface area contributed by atoms with Gasteiger partial charge < -0.3 is 4.57 Å². The van der Waals surface area contributed by atoms with Crippen LogP contribution >= 0.6 is 0 Å². The van der Waals surface area contributed by atoms with Crippen molar-refractivity contribution in [3.05, 3.63) is 36.0 Å². The lowest BCUT2D eigenvalue weighted by Crippen LogP contribution is -2.10. The third-order valence-corrected chi connectivity index (χ3v) is 3.56. The fourth-order valence-electron chi connectivity index (χ4n) is 1.78. The summed E-state index contributed by atoms with van der Waals surface area (Å²) in [5, 5.41) is 9.81. The fourth-order valence-corrected chi connectivity index (χ4v) is 2.31. The summed E-state index contributed by atoms with van der Waals surface area (Å²) >= 11 is 0. The van der Waals surface area contributed by atoms with Gasteiger partial charge in [-0.2, -0.15) is 5.26 Å². The van der Waals surface area contributed by atoms with Gasteiger partial charge in [0.15, 0.2) is 0 Å². The van der Waals surface area contributed by atoms with E-state index in [1.54, 1.807) is 12.1 Å². The molecule has 0 saturated heterocycles. The van der Waals surface area contributed by atoms with Crippen LogP contribution in [0, 0.1) is 11.3 Å². The largest absolute Gasteiger partial charge is 0.346 e. The molecule has 5 heteroatoms. The number of sulfone groups is 1. The molecule has 0 aliphatic carbocycles. The third kappa shape index (κ3) is 2.48. The molecule has 0 fully saturated rings. The van der Waals surface area contributed by atoms with E-state index < -0.39 is 9.84 Å². The molecule has 0 atom stereocenters. The van der Waals surface area contributed by atoms with Gasteiger partial charge >= 0.3 is 0 Å². The maximum absolute atomic E-state index is 11.1. The average molecular weight is 248 g/mol. The van der Waals surface area contributed by atoms with E-state index in [1.807, 2.05) is 22.9 Å². The van der Waals surface area contributed by atoms with Crippen molar-refractivity contribution >= 4 is 20.7 Å². The Bertz CT molecular complexity index is 693. The Morgan fingerprint density at radius 1 is 1.35 bits per heavy atom. The number of rotatable bonds is 3. The molecule has 0 saturated carbocycles. The van der Waals surface area contributed by atoms with Crippen LogP contribution in [0.4, 0.5) is 0 Å². The summed E-state index contributed by atoms with van der Waals surface area (Å²) in [6.07, 6.45) is 3.04. The lowest BCUT2D eigenvalue weighted by atomic mass is 10.1. The molecule has 1 aromatic carbocycles. The second kappa shape index (κ2) is 4.22. The summed E-state index contributed by atoms with van der Waals surface area (Å²) in [7, 11) is -2.97. The highest BCUT2D eigenvalue weighted by Gasteiger charge is 2.07. The second-order valence-corrected chi connectivity index (χ2v) is 6.25. The van der Waals surface area contributed by atoms with Crippen molar-refractivity contribution < 1.29 is 8.42 Å². The first-order valence-electron chi connectivity index (χ1n) is 5.17. The Kier molecular flexibility index (Phi) is 2.90. The first-order valence-corrected chi connectivity index (χ1v) is 7.23. The zero-order valence-corrected chi connectivity index (χ0v) is 10.2. The Morgan fingerprint density at radius 2 is 2.12 bits per heavy atom. The lowest BCUT2D eigenvalue weighted by Gasteiger charge is -2.04. The molecule has 88 valence electrons. The van der Waals surface area contributed by atoms with E-state index in [1.165, 1.54) is 6.26 Å². The van der Waals surface area contributed by atoms with Gasteiger partial charge in [0.05, 0.1) is 17.4 Å². The van der Waals surface area contributed by atoms with Crippen LogP contribution in [-0.4, -0.2) is 25.0 Å². The number of benzene rings is 1. The van der Waals surface area contributed by atoms with Gasteiger partial charge in [-0.3, -0.25) is 0 Å². The van der Waals surface area contributed by atoms with Crippen molar-refractivity contribution in [3.8, 4) is 6.07 Å². The number of aromatic nitrogens is 1. The highest BCUT2D eigenvalue weighted by atomic mass is 32.2. The third-order valence-electron chi connectivity index (χ3n) is 2.64. The molecular formula is C12H12N2O2S. The van der Waals surface area contributed by atoms with Crippen LogP contribution in [0.15, 0.2) is 30.5 Å². The molecule has 0 aliphatic heterocycles. The zero-order valence-electron chi connectivity index (χ0n) is 9.42. The molecule has 0 aliphatic rings. The molecule has 0 unspecified atom stereocenters. The quantitative estimate of drug-likeness (QED) is 0.828. The number of nitrogens with zero attached hydrogens (tertiary/aromatic N) is 2. The summed E-state index contributed by atoms with van der Waals surface area (Å²) in [4.78, 5) is 0. The van der Waals surface area contributed by atoms with Crippen LogP contribution in [0.5, 0.6) is 0 Å². The van der Waals surface area contributed by atoms with Gasteiger partial charge in [0, 0.05) is 29.9 Å². The summed E-state index contributed by atoms with van der Waals surface area (Å²) in [5.74, 6) is 0.105. The lowest BCUT2D eigenvalue weighted by molar-refractivity contribution is 0.596. The van der Waals surface area contributed by atoms with Crippen LogP contribution in [0.25, 0.3) is 10.9 Å². The highest BCUT2D eigenvalue weighted by Crippen LogP contribution is 2.19. The Hall–Kier alpha value is -1.80. The predicted octanol–water partition coefficient (Wildman–Crippen LogP) is 1.56. The highest BCUT2D eigenvalue weighted by molar-refractivity contribution is 7.90. The molecule has 0 bridgehead atoms. The average Bonchev–Trinajstić information content (AvgIpc) is 2.68. The van der Waals surface area contributed by atoms with E-state index in [-0.39, 0.29) is 5.75 Å². The summed E-state index contributed by atoms with van der Waals surface area (Å²) in [6.45, 7) is 0.414. The smallest absolute Gasteiger partial charge is 0.149 e. The second-order valence-electron chi connectivity index (χ2n) is 3.99. The first-order chi connectivity index (χ1) is 8.01. The molecule has 0 amide bonds. The number of fused-ring (bicyclic) bond motifs is 1. The minimum Gasteiger partial charge on any atom is -0.346 e.